The molecule has 100 valence electrons. The zero-order valence-corrected chi connectivity index (χ0v) is 11.8. The van der Waals surface area contributed by atoms with E-state index < -0.39 is 0 Å². The van der Waals surface area contributed by atoms with Gasteiger partial charge in [-0.05, 0) is 11.4 Å². The third-order valence-electron chi connectivity index (χ3n) is 3.39. The van der Waals surface area contributed by atoms with E-state index in [0.717, 1.165) is 28.0 Å². The molecular formula is C13H9ClN4OS. The summed E-state index contributed by atoms with van der Waals surface area (Å²) in [4.78, 5) is 21.4. The molecule has 0 aliphatic carbocycles. The highest BCUT2D eigenvalue weighted by molar-refractivity contribution is 7.16. The summed E-state index contributed by atoms with van der Waals surface area (Å²) in [7, 11) is 0. The first kappa shape index (κ1) is 11.9. The van der Waals surface area contributed by atoms with Crippen molar-refractivity contribution in [3.05, 3.63) is 34.7 Å². The molecule has 3 aromatic heterocycles. The Hall–Kier alpha value is -1.92. The van der Waals surface area contributed by atoms with Gasteiger partial charge in [-0.1, -0.05) is 11.6 Å². The lowest BCUT2D eigenvalue weighted by Crippen LogP contribution is -2.34. The number of halogens is 1. The van der Waals surface area contributed by atoms with E-state index >= 15 is 0 Å². The number of amides is 1. The van der Waals surface area contributed by atoms with E-state index in [0.29, 0.717) is 17.3 Å². The van der Waals surface area contributed by atoms with Crippen molar-refractivity contribution < 1.29 is 4.79 Å². The van der Waals surface area contributed by atoms with Gasteiger partial charge in [0.15, 0.2) is 0 Å². The standard InChI is InChI=1S/C13H9ClN4OS/c14-9-8(5-18-3-2-15-12(19)11(9)18)10-7-1-4-20-13(7)17-6-16-10/h1,4-6H,2-3H2,(H,15,19). The number of carbonyl (C=O) groups excluding carboxylic acids is 1. The third-order valence-corrected chi connectivity index (χ3v) is 4.59. The van der Waals surface area contributed by atoms with Crippen molar-refractivity contribution >= 4 is 39.1 Å². The van der Waals surface area contributed by atoms with Crippen LogP contribution in [0.25, 0.3) is 21.5 Å². The minimum absolute atomic E-state index is 0.136. The summed E-state index contributed by atoms with van der Waals surface area (Å²) in [5.74, 6) is -0.136. The number of thiophene rings is 1. The molecule has 0 radical (unpaired) electrons. The molecule has 4 heterocycles. The predicted octanol–water partition coefficient (Wildman–Crippen LogP) is 2.56. The van der Waals surface area contributed by atoms with Crippen LogP contribution in [0.2, 0.25) is 5.02 Å². The second-order valence-electron chi connectivity index (χ2n) is 4.52. The van der Waals surface area contributed by atoms with Gasteiger partial charge in [-0.15, -0.1) is 11.3 Å². The molecule has 0 atom stereocenters. The molecule has 1 N–H and O–H groups in total. The lowest BCUT2D eigenvalue weighted by molar-refractivity contribution is 0.0928. The molecule has 1 aliphatic heterocycles. The molecule has 3 aromatic rings. The van der Waals surface area contributed by atoms with E-state index in [1.165, 1.54) is 6.33 Å². The van der Waals surface area contributed by atoms with Crippen molar-refractivity contribution in [2.24, 2.45) is 0 Å². The molecule has 1 amide bonds. The van der Waals surface area contributed by atoms with E-state index in [1.807, 2.05) is 22.2 Å². The van der Waals surface area contributed by atoms with Gasteiger partial charge in [0.05, 0.1) is 10.7 Å². The second kappa shape index (κ2) is 4.29. The summed E-state index contributed by atoms with van der Waals surface area (Å²) in [6, 6.07) is 1.97. The van der Waals surface area contributed by atoms with Crippen molar-refractivity contribution in [1.29, 1.82) is 0 Å². The fourth-order valence-electron chi connectivity index (χ4n) is 2.48. The van der Waals surface area contributed by atoms with Crippen molar-refractivity contribution in [3.63, 3.8) is 0 Å². The van der Waals surface area contributed by atoms with E-state index in [4.69, 9.17) is 11.6 Å². The maximum absolute atomic E-state index is 11.9. The van der Waals surface area contributed by atoms with Gasteiger partial charge in [0.1, 0.15) is 16.9 Å². The molecule has 0 unspecified atom stereocenters. The first-order valence-corrected chi connectivity index (χ1v) is 7.37. The largest absolute Gasteiger partial charge is 0.349 e. The minimum atomic E-state index is -0.136. The number of hydrogen-bond donors (Lipinski definition) is 1. The number of carbonyl (C=O) groups is 1. The number of nitrogens with one attached hydrogen (secondary N) is 1. The summed E-state index contributed by atoms with van der Waals surface area (Å²) >= 11 is 7.96. The Morgan fingerprint density at radius 2 is 2.30 bits per heavy atom. The maximum atomic E-state index is 11.9. The Kier molecular flexibility index (Phi) is 2.55. The molecule has 4 rings (SSSR count). The van der Waals surface area contributed by atoms with Gasteiger partial charge >= 0.3 is 0 Å². The summed E-state index contributed by atoms with van der Waals surface area (Å²) in [6.45, 7) is 1.34. The summed E-state index contributed by atoms with van der Waals surface area (Å²) < 4.78 is 1.89. The number of rotatable bonds is 1. The Morgan fingerprint density at radius 3 is 3.15 bits per heavy atom. The highest BCUT2D eigenvalue weighted by atomic mass is 35.5. The second-order valence-corrected chi connectivity index (χ2v) is 5.79. The first-order chi connectivity index (χ1) is 9.75. The van der Waals surface area contributed by atoms with E-state index in [2.05, 4.69) is 15.3 Å². The smallest absolute Gasteiger partial charge is 0.269 e. The highest BCUT2D eigenvalue weighted by Crippen LogP contribution is 2.36. The molecule has 0 bridgehead atoms. The van der Waals surface area contributed by atoms with Gasteiger partial charge in [-0.25, -0.2) is 9.97 Å². The van der Waals surface area contributed by atoms with Crippen LogP contribution in [0, 0.1) is 0 Å². The normalized spacial score (nSPS) is 14.3. The monoisotopic (exact) mass is 304 g/mol. The Morgan fingerprint density at radius 1 is 1.40 bits per heavy atom. The van der Waals surface area contributed by atoms with Crippen molar-refractivity contribution in [3.8, 4) is 11.3 Å². The zero-order chi connectivity index (χ0) is 13.7. The van der Waals surface area contributed by atoms with Gasteiger partial charge in [0.2, 0.25) is 0 Å². The number of aromatic nitrogens is 3. The van der Waals surface area contributed by atoms with Crippen LogP contribution in [0.4, 0.5) is 0 Å². The van der Waals surface area contributed by atoms with Gasteiger partial charge in [-0.3, -0.25) is 4.79 Å². The van der Waals surface area contributed by atoms with Crippen LogP contribution >= 0.6 is 22.9 Å². The molecular weight excluding hydrogens is 296 g/mol. The van der Waals surface area contributed by atoms with E-state index in [9.17, 15) is 4.79 Å². The third kappa shape index (κ3) is 1.58. The number of fused-ring (bicyclic) bond motifs is 2. The molecule has 0 spiro atoms. The fourth-order valence-corrected chi connectivity index (χ4v) is 3.55. The average molecular weight is 305 g/mol. The molecule has 5 nitrogen and oxygen atoms in total. The summed E-state index contributed by atoms with van der Waals surface area (Å²) in [5, 5.41) is 6.19. The zero-order valence-electron chi connectivity index (χ0n) is 10.3. The van der Waals surface area contributed by atoms with Crippen LogP contribution < -0.4 is 5.32 Å². The van der Waals surface area contributed by atoms with Crippen LogP contribution in [-0.4, -0.2) is 27.0 Å². The molecule has 7 heteroatoms. The molecule has 20 heavy (non-hydrogen) atoms. The molecule has 0 fully saturated rings. The first-order valence-electron chi connectivity index (χ1n) is 6.11. The van der Waals surface area contributed by atoms with Gasteiger partial charge < -0.3 is 9.88 Å². The highest BCUT2D eigenvalue weighted by Gasteiger charge is 2.25. The van der Waals surface area contributed by atoms with Crippen molar-refractivity contribution in [1.82, 2.24) is 19.9 Å². The quantitative estimate of drug-likeness (QED) is 0.751. The van der Waals surface area contributed by atoms with Crippen LogP contribution in [0.15, 0.2) is 24.0 Å². The van der Waals surface area contributed by atoms with Crippen LogP contribution in [-0.2, 0) is 6.54 Å². The molecule has 0 aromatic carbocycles. The molecule has 0 saturated carbocycles. The SMILES string of the molecule is O=C1NCCn2cc(-c3ncnc4sccc34)c(Cl)c21. The van der Waals surface area contributed by atoms with E-state index in [-0.39, 0.29) is 5.91 Å². The Labute approximate surface area is 123 Å². The maximum Gasteiger partial charge on any atom is 0.269 e. The van der Waals surface area contributed by atoms with Crippen LogP contribution in [0.5, 0.6) is 0 Å². The Balaban J connectivity index is 2.00. The van der Waals surface area contributed by atoms with Crippen molar-refractivity contribution in [2.45, 2.75) is 6.54 Å². The Bertz CT molecular complexity index is 838. The minimum Gasteiger partial charge on any atom is -0.349 e. The topological polar surface area (TPSA) is 59.8 Å². The van der Waals surface area contributed by atoms with Crippen LogP contribution in [0.1, 0.15) is 10.5 Å². The molecule has 1 aliphatic rings. The van der Waals surface area contributed by atoms with Crippen molar-refractivity contribution in [2.75, 3.05) is 6.54 Å². The number of hydrogen-bond acceptors (Lipinski definition) is 4. The van der Waals surface area contributed by atoms with Crippen LogP contribution in [0.3, 0.4) is 0 Å². The average Bonchev–Trinajstić information content (AvgIpc) is 3.04. The lowest BCUT2D eigenvalue weighted by atomic mass is 10.1. The fraction of sp³-hybridized carbons (Fsp3) is 0.154. The van der Waals surface area contributed by atoms with E-state index in [1.54, 1.807) is 11.3 Å². The molecule has 0 saturated heterocycles. The summed E-state index contributed by atoms with van der Waals surface area (Å²) in [6.07, 6.45) is 3.43. The number of nitrogens with zero attached hydrogens (tertiary/aromatic N) is 3. The predicted molar refractivity (Wildman–Crippen MR) is 78.2 cm³/mol. The summed E-state index contributed by atoms with van der Waals surface area (Å²) in [5.41, 5.74) is 2.07. The lowest BCUT2D eigenvalue weighted by Gasteiger charge is -2.15. The van der Waals surface area contributed by atoms with Gasteiger partial charge in [0, 0.05) is 30.2 Å². The van der Waals surface area contributed by atoms with Gasteiger partial charge in [-0.2, -0.15) is 0 Å². The van der Waals surface area contributed by atoms with Gasteiger partial charge in [0.25, 0.3) is 5.91 Å².